The van der Waals surface area contributed by atoms with Crippen LogP contribution in [0.1, 0.15) is 5.56 Å². The molecule has 1 radical (unpaired) electrons. The maximum absolute atomic E-state index is 11.3. The molecule has 1 fully saturated rings. The van der Waals surface area contributed by atoms with Gasteiger partial charge in [0.25, 0.3) is 0 Å². The van der Waals surface area contributed by atoms with Gasteiger partial charge < -0.3 is 5.32 Å². The SMILES string of the molecule is O=C1[CH]CSCC(Cc2ccccc2)N1. The van der Waals surface area contributed by atoms with Crippen molar-refractivity contribution >= 4 is 17.7 Å². The van der Waals surface area contributed by atoms with Gasteiger partial charge in [-0.05, 0) is 12.0 Å². The molecule has 79 valence electrons. The predicted octanol–water partition coefficient (Wildman–Crippen LogP) is 1.66. The fourth-order valence-electron chi connectivity index (χ4n) is 1.66. The van der Waals surface area contributed by atoms with E-state index in [0.29, 0.717) is 0 Å². The molecule has 1 amide bonds. The first-order valence-corrected chi connectivity index (χ1v) is 6.25. The molecule has 2 nitrogen and oxygen atoms in total. The van der Waals surface area contributed by atoms with Crippen LogP contribution in [-0.4, -0.2) is 23.5 Å². The topological polar surface area (TPSA) is 29.1 Å². The summed E-state index contributed by atoms with van der Waals surface area (Å²) in [5.74, 6) is 1.90. The van der Waals surface area contributed by atoms with Crippen LogP contribution in [-0.2, 0) is 11.2 Å². The number of hydrogen-bond donors (Lipinski definition) is 1. The molecule has 1 heterocycles. The Balaban J connectivity index is 1.96. The lowest BCUT2D eigenvalue weighted by Gasteiger charge is -2.14. The zero-order chi connectivity index (χ0) is 10.5. The number of carbonyl (C=O) groups excluding carboxylic acids is 1. The van der Waals surface area contributed by atoms with Crippen LogP contribution in [0.2, 0.25) is 0 Å². The van der Waals surface area contributed by atoms with Crippen molar-refractivity contribution in [1.82, 2.24) is 5.32 Å². The molecule has 0 aliphatic carbocycles. The Morgan fingerprint density at radius 3 is 2.93 bits per heavy atom. The minimum atomic E-state index is 0.0703. The van der Waals surface area contributed by atoms with Gasteiger partial charge in [-0.1, -0.05) is 30.3 Å². The van der Waals surface area contributed by atoms with Crippen LogP contribution in [0.5, 0.6) is 0 Å². The average molecular weight is 220 g/mol. The molecule has 1 atom stereocenters. The Kier molecular flexibility index (Phi) is 3.67. The third-order valence-corrected chi connectivity index (χ3v) is 3.42. The lowest BCUT2D eigenvalue weighted by molar-refractivity contribution is -0.118. The fourth-order valence-corrected chi connectivity index (χ4v) is 2.55. The summed E-state index contributed by atoms with van der Waals surface area (Å²) >= 11 is 1.81. The van der Waals surface area contributed by atoms with E-state index < -0.39 is 0 Å². The molecule has 1 aliphatic heterocycles. The molecule has 1 N–H and O–H groups in total. The number of hydrogen-bond acceptors (Lipinski definition) is 2. The Hall–Kier alpha value is -0.960. The third kappa shape index (κ3) is 3.27. The van der Waals surface area contributed by atoms with E-state index in [-0.39, 0.29) is 11.9 Å². The van der Waals surface area contributed by atoms with Gasteiger partial charge in [0.2, 0.25) is 5.91 Å². The van der Waals surface area contributed by atoms with Crippen LogP contribution in [0.25, 0.3) is 0 Å². The van der Waals surface area contributed by atoms with Crippen molar-refractivity contribution in [3.63, 3.8) is 0 Å². The maximum atomic E-state index is 11.3. The first-order valence-electron chi connectivity index (χ1n) is 5.10. The fraction of sp³-hybridized carbons (Fsp3) is 0.333. The summed E-state index contributed by atoms with van der Waals surface area (Å²) in [5, 5.41) is 3.01. The van der Waals surface area contributed by atoms with Crippen LogP contribution < -0.4 is 5.32 Å². The van der Waals surface area contributed by atoms with Crippen molar-refractivity contribution in [1.29, 1.82) is 0 Å². The van der Waals surface area contributed by atoms with Gasteiger partial charge in [0.1, 0.15) is 0 Å². The zero-order valence-electron chi connectivity index (χ0n) is 8.48. The minimum absolute atomic E-state index is 0.0703. The maximum Gasteiger partial charge on any atom is 0.225 e. The molecule has 1 aromatic rings. The number of carbonyl (C=O) groups is 1. The normalized spacial score (nSPS) is 21.9. The van der Waals surface area contributed by atoms with Gasteiger partial charge in [0, 0.05) is 17.5 Å². The molecular weight excluding hydrogens is 206 g/mol. The predicted molar refractivity (Wildman–Crippen MR) is 63.7 cm³/mol. The quantitative estimate of drug-likeness (QED) is 0.821. The highest BCUT2D eigenvalue weighted by Crippen LogP contribution is 2.12. The highest BCUT2D eigenvalue weighted by atomic mass is 32.2. The van der Waals surface area contributed by atoms with Crippen molar-refractivity contribution < 1.29 is 4.79 Å². The van der Waals surface area contributed by atoms with E-state index in [9.17, 15) is 4.79 Å². The molecule has 0 aromatic heterocycles. The highest BCUT2D eigenvalue weighted by molar-refractivity contribution is 7.99. The standard InChI is InChI=1S/C12H14NOS/c14-12-6-7-15-9-11(13-12)8-10-4-2-1-3-5-10/h1-6,11H,7-9H2,(H,13,14). The molecule has 2 rings (SSSR count). The number of nitrogens with one attached hydrogen (secondary N) is 1. The van der Waals surface area contributed by atoms with Crippen molar-refractivity contribution in [2.45, 2.75) is 12.5 Å². The van der Waals surface area contributed by atoms with E-state index >= 15 is 0 Å². The summed E-state index contributed by atoms with van der Waals surface area (Å²) in [5.41, 5.74) is 1.28. The molecule has 1 aliphatic rings. The van der Waals surface area contributed by atoms with Crippen LogP contribution in [0, 0.1) is 6.42 Å². The van der Waals surface area contributed by atoms with Crippen LogP contribution >= 0.6 is 11.8 Å². The Morgan fingerprint density at radius 2 is 2.13 bits per heavy atom. The van der Waals surface area contributed by atoms with E-state index in [1.165, 1.54) is 5.56 Å². The van der Waals surface area contributed by atoms with E-state index in [1.807, 2.05) is 30.0 Å². The van der Waals surface area contributed by atoms with Gasteiger partial charge >= 0.3 is 0 Å². The van der Waals surface area contributed by atoms with Crippen LogP contribution in [0.3, 0.4) is 0 Å². The third-order valence-electron chi connectivity index (χ3n) is 2.38. The summed E-state index contributed by atoms with van der Waals surface area (Å²) in [4.78, 5) is 11.3. The summed E-state index contributed by atoms with van der Waals surface area (Å²) in [6, 6.07) is 10.6. The molecule has 0 bridgehead atoms. The smallest absolute Gasteiger partial charge is 0.225 e. The summed E-state index contributed by atoms with van der Waals surface area (Å²) in [6.45, 7) is 0. The van der Waals surface area contributed by atoms with Gasteiger partial charge in [0.05, 0.1) is 6.42 Å². The van der Waals surface area contributed by atoms with Gasteiger partial charge in [-0.3, -0.25) is 4.79 Å². The van der Waals surface area contributed by atoms with Gasteiger partial charge in [0.15, 0.2) is 0 Å². The molecular formula is C12H14NOS. The number of amides is 1. The lowest BCUT2D eigenvalue weighted by Crippen LogP contribution is -2.36. The lowest BCUT2D eigenvalue weighted by atomic mass is 10.1. The average Bonchev–Trinajstić information content (AvgIpc) is 2.44. The second kappa shape index (κ2) is 5.21. The molecule has 15 heavy (non-hydrogen) atoms. The Labute approximate surface area is 94.4 Å². The largest absolute Gasteiger partial charge is 0.352 e. The summed E-state index contributed by atoms with van der Waals surface area (Å²) in [6.07, 6.45) is 2.64. The number of benzene rings is 1. The minimum Gasteiger partial charge on any atom is -0.352 e. The molecule has 1 unspecified atom stereocenters. The number of rotatable bonds is 2. The van der Waals surface area contributed by atoms with E-state index in [1.54, 1.807) is 6.42 Å². The Morgan fingerprint density at radius 1 is 1.33 bits per heavy atom. The van der Waals surface area contributed by atoms with Crippen molar-refractivity contribution in [2.75, 3.05) is 11.5 Å². The summed E-state index contributed by atoms with van der Waals surface area (Å²) in [7, 11) is 0. The second-order valence-corrected chi connectivity index (χ2v) is 4.71. The van der Waals surface area contributed by atoms with Crippen molar-refractivity contribution in [2.24, 2.45) is 0 Å². The zero-order valence-corrected chi connectivity index (χ0v) is 9.30. The second-order valence-electron chi connectivity index (χ2n) is 3.64. The molecule has 0 saturated carbocycles. The van der Waals surface area contributed by atoms with Gasteiger partial charge in [-0.25, -0.2) is 0 Å². The monoisotopic (exact) mass is 220 g/mol. The van der Waals surface area contributed by atoms with Crippen LogP contribution in [0.15, 0.2) is 30.3 Å². The molecule has 0 spiro atoms. The molecule has 1 aromatic carbocycles. The first-order chi connectivity index (χ1) is 7.34. The van der Waals surface area contributed by atoms with Crippen LogP contribution in [0.4, 0.5) is 0 Å². The highest BCUT2D eigenvalue weighted by Gasteiger charge is 2.16. The molecule has 3 heteroatoms. The first kappa shape index (κ1) is 10.6. The molecule has 1 saturated heterocycles. The number of thioether (sulfide) groups is 1. The van der Waals surface area contributed by atoms with Gasteiger partial charge in [-0.2, -0.15) is 11.8 Å². The Bertz CT molecular complexity index is 326. The van der Waals surface area contributed by atoms with E-state index in [2.05, 4.69) is 17.4 Å². The van der Waals surface area contributed by atoms with Crippen molar-refractivity contribution in [3.05, 3.63) is 42.3 Å². The van der Waals surface area contributed by atoms with E-state index in [0.717, 1.165) is 17.9 Å². The van der Waals surface area contributed by atoms with Gasteiger partial charge in [-0.15, -0.1) is 0 Å². The summed E-state index contributed by atoms with van der Waals surface area (Å²) < 4.78 is 0. The van der Waals surface area contributed by atoms with E-state index in [4.69, 9.17) is 0 Å². The van der Waals surface area contributed by atoms with Crippen molar-refractivity contribution in [3.8, 4) is 0 Å².